The second-order valence-corrected chi connectivity index (χ2v) is 11.7. The van der Waals surface area contributed by atoms with Crippen LogP contribution in [-0.4, -0.2) is 21.3 Å². The Bertz CT molecular complexity index is 664. The average molecular weight is 411 g/mol. The fourth-order valence-electron chi connectivity index (χ4n) is 4.40. The van der Waals surface area contributed by atoms with E-state index in [0.717, 1.165) is 31.8 Å². The minimum Gasteiger partial charge on any atom is -0.388 e. The lowest BCUT2D eigenvalue weighted by Gasteiger charge is -2.39. The summed E-state index contributed by atoms with van der Waals surface area (Å²) in [5.41, 5.74) is 0. The largest absolute Gasteiger partial charge is 0.407 e. The van der Waals surface area contributed by atoms with Gasteiger partial charge in [-0.3, -0.25) is 0 Å². The van der Waals surface area contributed by atoms with Crippen molar-refractivity contribution in [3.05, 3.63) is 60.7 Å². The molecule has 0 radical (unpaired) electrons. The number of benzene rings is 2. The maximum Gasteiger partial charge on any atom is 0.407 e. The first-order chi connectivity index (χ1) is 14.2. The van der Waals surface area contributed by atoms with E-state index in [9.17, 15) is 0 Å². The summed E-state index contributed by atoms with van der Waals surface area (Å²) in [5, 5.41) is 2.46. The molecule has 3 unspecified atom stereocenters. The van der Waals surface area contributed by atoms with Crippen LogP contribution >= 0.6 is 0 Å². The fourth-order valence-corrected chi connectivity index (χ4v) is 7.79. The first-order valence-electron chi connectivity index (χ1n) is 11.6. The Morgan fingerprint density at radius 2 is 1.41 bits per heavy atom. The van der Waals surface area contributed by atoms with Gasteiger partial charge in [-0.25, -0.2) is 0 Å². The molecule has 158 valence electrons. The van der Waals surface area contributed by atoms with Gasteiger partial charge in [0.2, 0.25) is 0 Å². The first kappa shape index (κ1) is 22.3. The van der Waals surface area contributed by atoms with Gasteiger partial charge in [0, 0.05) is 12.7 Å². The highest BCUT2D eigenvalue weighted by atomic mass is 28.4. The summed E-state index contributed by atoms with van der Waals surface area (Å²) < 4.78 is 13.9. The van der Waals surface area contributed by atoms with Gasteiger partial charge in [0.15, 0.2) is 0 Å². The van der Waals surface area contributed by atoms with Gasteiger partial charge in [0.25, 0.3) is 0 Å². The van der Waals surface area contributed by atoms with Gasteiger partial charge in [0.05, 0.1) is 0 Å². The minimum absolute atomic E-state index is 0.281. The maximum absolute atomic E-state index is 7.09. The van der Waals surface area contributed by atoms with Crippen LogP contribution in [-0.2, 0) is 8.85 Å². The SMILES string of the molecule is CCCCCCO[Si](OC1CCC(C)C(C)C1)(c1ccccc1)c1ccccc1. The Balaban J connectivity index is 1.91. The molecule has 29 heavy (non-hydrogen) atoms. The summed E-state index contributed by atoms with van der Waals surface area (Å²) in [7, 11) is -2.75. The molecule has 0 amide bonds. The lowest BCUT2D eigenvalue weighted by atomic mass is 9.80. The van der Waals surface area contributed by atoms with E-state index in [0.29, 0.717) is 5.92 Å². The number of unbranched alkanes of at least 4 members (excludes halogenated alkanes) is 3. The topological polar surface area (TPSA) is 18.5 Å². The highest BCUT2D eigenvalue weighted by Crippen LogP contribution is 2.32. The van der Waals surface area contributed by atoms with Gasteiger partial charge in [-0.05, 0) is 47.9 Å². The predicted octanol–water partition coefficient (Wildman–Crippen LogP) is 5.68. The Morgan fingerprint density at radius 1 is 0.793 bits per heavy atom. The standard InChI is InChI=1S/C26H38O2Si/c1-4-5-6-13-20-27-29(25-14-9-7-10-15-25,26-16-11-8-12-17-26)28-24-19-18-22(2)23(3)21-24/h7-12,14-17,22-24H,4-6,13,18-21H2,1-3H3. The minimum atomic E-state index is -2.75. The Morgan fingerprint density at radius 3 is 1.97 bits per heavy atom. The third-order valence-corrected chi connectivity index (χ3v) is 9.96. The lowest BCUT2D eigenvalue weighted by molar-refractivity contribution is 0.0660. The number of hydrogen-bond donors (Lipinski definition) is 0. The van der Waals surface area contributed by atoms with Gasteiger partial charge in [-0.15, -0.1) is 0 Å². The van der Waals surface area contributed by atoms with E-state index in [1.165, 1.54) is 36.1 Å². The van der Waals surface area contributed by atoms with Crippen LogP contribution in [0.2, 0.25) is 0 Å². The fraction of sp³-hybridized carbons (Fsp3) is 0.538. The average Bonchev–Trinajstić information content (AvgIpc) is 2.76. The number of hydrogen-bond acceptors (Lipinski definition) is 2. The smallest absolute Gasteiger partial charge is 0.388 e. The van der Waals surface area contributed by atoms with Crippen LogP contribution in [0.4, 0.5) is 0 Å². The van der Waals surface area contributed by atoms with E-state index >= 15 is 0 Å². The normalized spacial score (nSPS) is 22.5. The molecular weight excluding hydrogens is 372 g/mol. The van der Waals surface area contributed by atoms with Crippen molar-refractivity contribution in [2.45, 2.75) is 71.8 Å². The molecule has 2 aromatic rings. The Labute approximate surface area is 178 Å². The molecule has 0 aliphatic heterocycles. The highest BCUT2D eigenvalue weighted by molar-refractivity contribution is 6.92. The molecule has 0 aromatic heterocycles. The highest BCUT2D eigenvalue weighted by Gasteiger charge is 2.45. The molecule has 2 nitrogen and oxygen atoms in total. The van der Waals surface area contributed by atoms with E-state index in [1.54, 1.807) is 0 Å². The van der Waals surface area contributed by atoms with E-state index in [1.807, 2.05) is 0 Å². The summed E-state index contributed by atoms with van der Waals surface area (Å²) in [6, 6.07) is 21.5. The van der Waals surface area contributed by atoms with E-state index in [-0.39, 0.29) is 6.10 Å². The van der Waals surface area contributed by atoms with Crippen LogP contribution in [0.1, 0.15) is 65.7 Å². The van der Waals surface area contributed by atoms with E-state index < -0.39 is 8.56 Å². The van der Waals surface area contributed by atoms with Crippen molar-refractivity contribution in [1.82, 2.24) is 0 Å². The third kappa shape index (κ3) is 5.81. The molecule has 0 heterocycles. The van der Waals surface area contributed by atoms with Crippen molar-refractivity contribution < 1.29 is 8.85 Å². The van der Waals surface area contributed by atoms with Crippen molar-refractivity contribution in [3.8, 4) is 0 Å². The molecule has 3 atom stereocenters. The molecule has 0 saturated heterocycles. The van der Waals surface area contributed by atoms with Crippen molar-refractivity contribution in [2.24, 2.45) is 11.8 Å². The monoisotopic (exact) mass is 410 g/mol. The summed E-state index contributed by atoms with van der Waals surface area (Å²) in [6.45, 7) is 7.78. The van der Waals surface area contributed by atoms with Gasteiger partial charge in [0.1, 0.15) is 0 Å². The van der Waals surface area contributed by atoms with Gasteiger partial charge < -0.3 is 8.85 Å². The zero-order valence-corrected chi connectivity index (χ0v) is 19.5. The predicted molar refractivity (Wildman–Crippen MR) is 125 cm³/mol. The maximum atomic E-state index is 7.09. The van der Waals surface area contributed by atoms with E-state index in [2.05, 4.69) is 81.4 Å². The molecule has 1 fully saturated rings. The lowest BCUT2D eigenvalue weighted by Crippen LogP contribution is -2.65. The van der Waals surface area contributed by atoms with Crippen molar-refractivity contribution in [2.75, 3.05) is 6.61 Å². The molecule has 0 spiro atoms. The summed E-state index contributed by atoms with van der Waals surface area (Å²) in [4.78, 5) is 0. The second kappa shape index (κ2) is 11.1. The van der Waals surface area contributed by atoms with Crippen LogP contribution in [0.5, 0.6) is 0 Å². The van der Waals surface area contributed by atoms with Crippen molar-refractivity contribution in [1.29, 1.82) is 0 Å². The van der Waals surface area contributed by atoms with Crippen molar-refractivity contribution >= 4 is 18.9 Å². The molecule has 0 N–H and O–H groups in total. The second-order valence-electron chi connectivity index (χ2n) is 8.77. The van der Waals surface area contributed by atoms with Crippen LogP contribution in [0.3, 0.4) is 0 Å². The van der Waals surface area contributed by atoms with Crippen LogP contribution < -0.4 is 10.4 Å². The third-order valence-electron chi connectivity index (χ3n) is 6.49. The molecule has 1 aliphatic rings. The van der Waals surface area contributed by atoms with Crippen LogP contribution in [0, 0.1) is 11.8 Å². The molecule has 3 rings (SSSR count). The molecule has 2 aromatic carbocycles. The molecular formula is C26H38O2Si. The zero-order chi connectivity index (χ0) is 20.5. The summed E-state index contributed by atoms with van der Waals surface area (Å²) in [6.07, 6.45) is 8.64. The van der Waals surface area contributed by atoms with Crippen LogP contribution in [0.25, 0.3) is 0 Å². The van der Waals surface area contributed by atoms with Gasteiger partial charge in [-0.1, -0.05) is 101 Å². The van der Waals surface area contributed by atoms with Crippen LogP contribution in [0.15, 0.2) is 60.7 Å². The molecule has 0 bridgehead atoms. The number of rotatable bonds is 10. The molecule has 3 heteroatoms. The summed E-state index contributed by atoms with van der Waals surface area (Å²) >= 11 is 0. The quantitative estimate of drug-likeness (QED) is 0.370. The zero-order valence-electron chi connectivity index (χ0n) is 18.5. The van der Waals surface area contributed by atoms with E-state index in [4.69, 9.17) is 8.85 Å². The Hall–Kier alpha value is -1.42. The Kier molecular flexibility index (Phi) is 8.52. The van der Waals surface area contributed by atoms with Crippen molar-refractivity contribution in [3.63, 3.8) is 0 Å². The summed E-state index contributed by atoms with van der Waals surface area (Å²) in [5.74, 6) is 1.49. The van der Waals surface area contributed by atoms with Gasteiger partial charge in [-0.2, -0.15) is 0 Å². The molecule has 1 aliphatic carbocycles. The van der Waals surface area contributed by atoms with Gasteiger partial charge >= 0.3 is 8.56 Å². The molecule has 1 saturated carbocycles. The first-order valence-corrected chi connectivity index (χ1v) is 13.4.